The summed E-state index contributed by atoms with van der Waals surface area (Å²) in [6.07, 6.45) is 8.56. The second kappa shape index (κ2) is 5.27. The standard InChI is InChI=1S/C18H20N2O2/c1-12-9-16(14-3-2-7-19-10-14)20(11-12)18(21)15-6-8-22-17(15)13-4-5-13/h2-3,6-8,10,12-13,16H,4-5,9,11H2,1H3. The van der Waals surface area contributed by atoms with E-state index in [0.29, 0.717) is 11.8 Å². The third-order valence-electron chi connectivity index (χ3n) is 4.71. The highest BCUT2D eigenvalue weighted by Gasteiger charge is 2.38. The molecule has 2 aromatic rings. The van der Waals surface area contributed by atoms with E-state index in [0.717, 1.165) is 42.7 Å². The van der Waals surface area contributed by atoms with E-state index < -0.39 is 0 Å². The van der Waals surface area contributed by atoms with Gasteiger partial charge >= 0.3 is 0 Å². The lowest BCUT2D eigenvalue weighted by molar-refractivity contribution is 0.0729. The third-order valence-corrected chi connectivity index (χ3v) is 4.71. The molecule has 2 aromatic heterocycles. The van der Waals surface area contributed by atoms with Gasteiger partial charge in [-0.1, -0.05) is 13.0 Å². The highest BCUT2D eigenvalue weighted by Crippen LogP contribution is 2.43. The van der Waals surface area contributed by atoms with Crippen LogP contribution < -0.4 is 0 Å². The molecule has 4 rings (SSSR count). The molecule has 2 unspecified atom stereocenters. The Labute approximate surface area is 130 Å². The lowest BCUT2D eigenvalue weighted by atomic mass is 10.0. The van der Waals surface area contributed by atoms with E-state index in [9.17, 15) is 4.79 Å². The van der Waals surface area contributed by atoms with Crippen molar-refractivity contribution >= 4 is 5.91 Å². The van der Waals surface area contributed by atoms with Crippen molar-refractivity contribution < 1.29 is 9.21 Å². The highest BCUT2D eigenvalue weighted by atomic mass is 16.3. The van der Waals surface area contributed by atoms with Crippen LogP contribution in [0.15, 0.2) is 41.3 Å². The summed E-state index contributed by atoms with van der Waals surface area (Å²) < 4.78 is 5.58. The highest BCUT2D eigenvalue weighted by molar-refractivity contribution is 5.96. The Hall–Kier alpha value is -2.10. The SMILES string of the molecule is CC1CC(c2cccnc2)N(C(=O)c2ccoc2C2CC2)C1. The Bertz CT molecular complexity index is 675. The smallest absolute Gasteiger partial charge is 0.257 e. The van der Waals surface area contributed by atoms with Gasteiger partial charge in [0.2, 0.25) is 0 Å². The molecule has 1 amide bonds. The van der Waals surface area contributed by atoms with E-state index in [1.54, 1.807) is 12.5 Å². The van der Waals surface area contributed by atoms with E-state index in [-0.39, 0.29) is 11.9 Å². The van der Waals surface area contributed by atoms with Gasteiger partial charge in [0, 0.05) is 24.9 Å². The van der Waals surface area contributed by atoms with E-state index in [1.165, 1.54) is 0 Å². The Kier molecular flexibility index (Phi) is 3.25. The van der Waals surface area contributed by atoms with E-state index in [1.807, 2.05) is 23.2 Å². The van der Waals surface area contributed by atoms with Crippen LogP contribution in [0, 0.1) is 5.92 Å². The summed E-state index contributed by atoms with van der Waals surface area (Å²) in [5.41, 5.74) is 1.88. The zero-order chi connectivity index (χ0) is 15.1. The summed E-state index contributed by atoms with van der Waals surface area (Å²) in [6, 6.07) is 5.96. The fourth-order valence-electron chi connectivity index (χ4n) is 3.47. The second-order valence-electron chi connectivity index (χ2n) is 6.57. The lowest BCUT2D eigenvalue weighted by Gasteiger charge is -2.24. The number of amides is 1. The van der Waals surface area contributed by atoms with Crippen molar-refractivity contribution in [3.8, 4) is 0 Å². The first-order valence-corrected chi connectivity index (χ1v) is 8.02. The molecule has 1 saturated heterocycles. The predicted molar refractivity (Wildman–Crippen MR) is 82.5 cm³/mol. The first kappa shape index (κ1) is 13.6. The van der Waals surface area contributed by atoms with Crippen LogP contribution in [-0.4, -0.2) is 22.3 Å². The molecule has 1 aliphatic carbocycles. The zero-order valence-corrected chi connectivity index (χ0v) is 12.7. The van der Waals surface area contributed by atoms with Gasteiger partial charge in [0.25, 0.3) is 5.91 Å². The summed E-state index contributed by atoms with van der Waals surface area (Å²) in [4.78, 5) is 19.2. The van der Waals surface area contributed by atoms with E-state index in [2.05, 4.69) is 18.0 Å². The molecule has 0 aromatic carbocycles. The summed E-state index contributed by atoms with van der Waals surface area (Å²) >= 11 is 0. The van der Waals surface area contributed by atoms with Crippen molar-refractivity contribution in [1.29, 1.82) is 0 Å². The maximum absolute atomic E-state index is 13.0. The van der Waals surface area contributed by atoms with Crippen LogP contribution in [0.4, 0.5) is 0 Å². The van der Waals surface area contributed by atoms with Gasteiger partial charge in [0.05, 0.1) is 17.9 Å². The van der Waals surface area contributed by atoms with Crippen molar-refractivity contribution in [2.45, 2.75) is 38.1 Å². The number of furan rings is 1. The zero-order valence-electron chi connectivity index (χ0n) is 12.7. The Morgan fingerprint density at radius 2 is 2.23 bits per heavy atom. The minimum Gasteiger partial charge on any atom is -0.468 e. The fraction of sp³-hybridized carbons (Fsp3) is 0.444. The van der Waals surface area contributed by atoms with Crippen LogP contribution in [0.3, 0.4) is 0 Å². The number of rotatable bonds is 3. The molecule has 22 heavy (non-hydrogen) atoms. The lowest BCUT2D eigenvalue weighted by Crippen LogP contribution is -2.31. The van der Waals surface area contributed by atoms with Gasteiger partial charge in [0.1, 0.15) is 5.76 Å². The number of nitrogens with zero attached hydrogens (tertiary/aromatic N) is 2. The van der Waals surface area contributed by atoms with Gasteiger partial charge < -0.3 is 9.32 Å². The van der Waals surface area contributed by atoms with E-state index in [4.69, 9.17) is 4.42 Å². The molecule has 0 N–H and O–H groups in total. The number of carbonyl (C=O) groups excluding carboxylic acids is 1. The molecule has 2 atom stereocenters. The molecule has 1 saturated carbocycles. The van der Waals surface area contributed by atoms with Gasteiger partial charge in [-0.3, -0.25) is 9.78 Å². The Balaban J connectivity index is 1.64. The van der Waals surface area contributed by atoms with Gasteiger partial charge in [-0.2, -0.15) is 0 Å². The van der Waals surface area contributed by atoms with Gasteiger partial charge in [0.15, 0.2) is 0 Å². The second-order valence-corrected chi connectivity index (χ2v) is 6.57. The predicted octanol–water partition coefficient (Wildman–Crippen LogP) is 3.78. The summed E-state index contributed by atoms with van der Waals surface area (Å²) in [5.74, 6) is 1.94. The number of hydrogen-bond acceptors (Lipinski definition) is 3. The first-order chi connectivity index (χ1) is 10.7. The number of carbonyl (C=O) groups is 1. The minimum absolute atomic E-state index is 0.105. The first-order valence-electron chi connectivity index (χ1n) is 8.02. The van der Waals surface area contributed by atoms with Crippen molar-refractivity contribution in [2.24, 2.45) is 5.92 Å². The molecule has 4 heteroatoms. The molecule has 114 valence electrons. The van der Waals surface area contributed by atoms with Crippen LogP contribution in [0.5, 0.6) is 0 Å². The quantitative estimate of drug-likeness (QED) is 0.866. The summed E-state index contributed by atoms with van der Waals surface area (Å²) in [7, 11) is 0. The van der Waals surface area contributed by atoms with Crippen LogP contribution in [0.25, 0.3) is 0 Å². The minimum atomic E-state index is 0.105. The fourth-order valence-corrected chi connectivity index (χ4v) is 3.47. The summed E-state index contributed by atoms with van der Waals surface area (Å²) in [6.45, 7) is 3.00. The molecule has 4 nitrogen and oxygen atoms in total. The number of likely N-dealkylation sites (tertiary alicyclic amines) is 1. The molecular formula is C18H20N2O2. The van der Waals surface area contributed by atoms with Crippen LogP contribution in [-0.2, 0) is 0 Å². The average Bonchev–Trinajstić information content (AvgIpc) is 3.13. The largest absolute Gasteiger partial charge is 0.468 e. The molecule has 0 bridgehead atoms. The monoisotopic (exact) mass is 296 g/mol. The Morgan fingerprint density at radius 1 is 1.36 bits per heavy atom. The molecule has 3 heterocycles. The molecule has 0 radical (unpaired) electrons. The van der Waals surface area contributed by atoms with Crippen molar-refractivity contribution in [1.82, 2.24) is 9.88 Å². The number of aromatic nitrogens is 1. The molecular weight excluding hydrogens is 276 g/mol. The molecule has 1 aliphatic heterocycles. The normalized spacial score (nSPS) is 24.7. The van der Waals surface area contributed by atoms with Crippen LogP contribution in [0.2, 0.25) is 0 Å². The molecule has 2 aliphatic rings. The maximum atomic E-state index is 13.0. The summed E-state index contributed by atoms with van der Waals surface area (Å²) in [5, 5.41) is 0. The van der Waals surface area contributed by atoms with Crippen LogP contribution in [0.1, 0.15) is 59.8 Å². The van der Waals surface area contributed by atoms with Crippen molar-refractivity contribution in [3.05, 3.63) is 53.7 Å². The van der Waals surface area contributed by atoms with Crippen molar-refractivity contribution in [3.63, 3.8) is 0 Å². The number of pyridine rings is 1. The maximum Gasteiger partial charge on any atom is 0.257 e. The topological polar surface area (TPSA) is 46.3 Å². The average molecular weight is 296 g/mol. The van der Waals surface area contributed by atoms with Crippen LogP contribution >= 0.6 is 0 Å². The third kappa shape index (κ3) is 2.32. The van der Waals surface area contributed by atoms with Gasteiger partial charge in [-0.15, -0.1) is 0 Å². The van der Waals surface area contributed by atoms with E-state index >= 15 is 0 Å². The molecule has 0 spiro atoms. The van der Waals surface area contributed by atoms with Crippen molar-refractivity contribution in [2.75, 3.05) is 6.54 Å². The number of hydrogen-bond donors (Lipinski definition) is 0. The molecule has 2 fully saturated rings. The Morgan fingerprint density at radius 3 is 2.95 bits per heavy atom. The van der Waals surface area contributed by atoms with Gasteiger partial charge in [-0.25, -0.2) is 0 Å². The van der Waals surface area contributed by atoms with Gasteiger partial charge in [-0.05, 0) is 42.9 Å².